The van der Waals surface area contributed by atoms with E-state index in [1.54, 1.807) is 0 Å². The van der Waals surface area contributed by atoms with Crippen molar-refractivity contribution in [1.29, 1.82) is 0 Å². The highest BCUT2D eigenvalue weighted by Crippen LogP contribution is 2.65. The first kappa shape index (κ1) is 16.8. The molecule has 5 heteroatoms. The Morgan fingerprint density at radius 1 is 1.16 bits per heavy atom. The topological polar surface area (TPSA) is 83.5 Å². The number of amides is 1. The van der Waals surface area contributed by atoms with E-state index in [4.69, 9.17) is 0 Å². The Hall–Kier alpha value is -1.65. The lowest BCUT2D eigenvalue weighted by atomic mass is 9.49. The number of nitrogens with one attached hydrogen (secondary N) is 1. The highest BCUT2D eigenvalue weighted by molar-refractivity contribution is 6.33. The number of Topliss-reactive ketones (excluding diaryl/α,β-unsaturated/α-hetero) is 1. The standard InChI is InChI=1S/C20H27NO4/c1-19-9-7-13-11(12(19)4-5-14(19)17(23)18(24)25)3-6-15-20(13,2)10-8-16(22)21-15/h6,11-14H,3-5,7-10H2,1-2H3,(H,21,22)(H,24,25). The van der Waals surface area contributed by atoms with Crippen molar-refractivity contribution >= 4 is 17.7 Å². The van der Waals surface area contributed by atoms with Gasteiger partial charge in [-0.25, -0.2) is 4.79 Å². The number of carbonyl (C=O) groups excluding carboxylic acids is 2. The van der Waals surface area contributed by atoms with Gasteiger partial charge in [-0.2, -0.15) is 0 Å². The number of rotatable bonds is 2. The highest BCUT2D eigenvalue weighted by atomic mass is 16.4. The molecule has 3 fully saturated rings. The smallest absolute Gasteiger partial charge is 0.372 e. The van der Waals surface area contributed by atoms with E-state index in [1.807, 2.05) is 0 Å². The predicted octanol–water partition coefficient (Wildman–Crippen LogP) is 2.90. The van der Waals surface area contributed by atoms with E-state index in [9.17, 15) is 19.5 Å². The third-order valence-electron chi connectivity index (χ3n) is 8.14. The first-order valence-corrected chi connectivity index (χ1v) is 9.55. The fourth-order valence-electron chi connectivity index (χ4n) is 6.77. The molecule has 6 unspecified atom stereocenters. The van der Waals surface area contributed by atoms with Crippen molar-refractivity contribution in [3.63, 3.8) is 0 Å². The average Bonchev–Trinajstić information content (AvgIpc) is 2.92. The summed E-state index contributed by atoms with van der Waals surface area (Å²) in [6.07, 6.45) is 8.21. The molecule has 0 aromatic carbocycles. The van der Waals surface area contributed by atoms with E-state index in [-0.39, 0.29) is 22.7 Å². The number of allylic oxidation sites excluding steroid dienone is 2. The van der Waals surface area contributed by atoms with E-state index in [1.165, 1.54) is 0 Å². The van der Waals surface area contributed by atoms with Crippen LogP contribution >= 0.6 is 0 Å². The molecule has 1 aliphatic heterocycles. The molecule has 4 aliphatic rings. The van der Waals surface area contributed by atoms with Gasteiger partial charge in [-0.05, 0) is 61.7 Å². The van der Waals surface area contributed by atoms with Gasteiger partial charge in [0.2, 0.25) is 11.7 Å². The number of carboxylic acids is 1. The molecule has 2 N–H and O–H groups in total. The van der Waals surface area contributed by atoms with Crippen LogP contribution in [0.15, 0.2) is 11.8 Å². The monoisotopic (exact) mass is 345 g/mol. The third-order valence-corrected chi connectivity index (χ3v) is 8.14. The van der Waals surface area contributed by atoms with E-state index in [2.05, 4.69) is 25.2 Å². The van der Waals surface area contributed by atoms with Crippen LogP contribution in [0, 0.1) is 34.5 Å². The summed E-state index contributed by atoms with van der Waals surface area (Å²) in [4.78, 5) is 35.3. The van der Waals surface area contributed by atoms with Crippen molar-refractivity contribution in [2.24, 2.45) is 34.5 Å². The second-order valence-electron chi connectivity index (χ2n) is 9.04. The van der Waals surface area contributed by atoms with Crippen LogP contribution in [-0.2, 0) is 14.4 Å². The van der Waals surface area contributed by atoms with E-state index >= 15 is 0 Å². The van der Waals surface area contributed by atoms with Crippen LogP contribution < -0.4 is 5.32 Å². The molecule has 0 spiro atoms. The first-order valence-electron chi connectivity index (χ1n) is 9.55. The maximum absolute atomic E-state index is 12.2. The molecular weight excluding hydrogens is 318 g/mol. The zero-order valence-corrected chi connectivity index (χ0v) is 15.0. The summed E-state index contributed by atoms with van der Waals surface area (Å²) in [5.41, 5.74) is 0.938. The lowest BCUT2D eigenvalue weighted by Gasteiger charge is -2.57. The van der Waals surface area contributed by atoms with Gasteiger partial charge < -0.3 is 10.4 Å². The Kier molecular flexibility index (Phi) is 3.64. The summed E-state index contributed by atoms with van der Waals surface area (Å²) < 4.78 is 0. The molecule has 5 nitrogen and oxygen atoms in total. The number of fused-ring (bicyclic) bond motifs is 5. The van der Waals surface area contributed by atoms with Crippen LogP contribution in [0.4, 0.5) is 0 Å². The normalized spacial score (nSPS) is 45.5. The zero-order chi connectivity index (χ0) is 18.0. The number of carboxylic acid groups (broad SMARTS) is 1. The number of hydrogen-bond acceptors (Lipinski definition) is 3. The van der Waals surface area contributed by atoms with E-state index < -0.39 is 11.8 Å². The number of hydrogen-bond donors (Lipinski definition) is 2. The Balaban J connectivity index is 1.65. The number of ketones is 1. The van der Waals surface area contributed by atoms with Crippen LogP contribution in [0.3, 0.4) is 0 Å². The van der Waals surface area contributed by atoms with E-state index in [0.717, 1.165) is 37.8 Å². The molecule has 3 aliphatic carbocycles. The van der Waals surface area contributed by atoms with Gasteiger partial charge in [-0.3, -0.25) is 9.59 Å². The molecule has 6 atom stereocenters. The van der Waals surface area contributed by atoms with Gasteiger partial charge in [0.15, 0.2) is 0 Å². The van der Waals surface area contributed by atoms with Gasteiger partial charge in [0.25, 0.3) is 0 Å². The van der Waals surface area contributed by atoms with Crippen LogP contribution in [0.1, 0.15) is 58.8 Å². The first-order chi connectivity index (χ1) is 11.8. The molecule has 0 radical (unpaired) electrons. The molecule has 1 saturated heterocycles. The third kappa shape index (κ3) is 2.24. The van der Waals surface area contributed by atoms with Crippen LogP contribution in [0.25, 0.3) is 0 Å². The van der Waals surface area contributed by atoms with Gasteiger partial charge in [0.05, 0.1) is 0 Å². The molecule has 2 saturated carbocycles. The minimum Gasteiger partial charge on any atom is -0.475 e. The Labute approximate surface area is 148 Å². The van der Waals surface area contributed by atoms with Crippen molar-refractivity contribution in [3.8, 4) is 0 Å². The summed E-state index contributed by atoms with van der Waals surface area (Å²) in [5, 5.41) is 12.3. The van der Waals surface area contributed by atoms with Crippen LogP contribution in [0.5, 0.6) is 0 Å². The average molecular weight is 345 g/mol. The molecule has 0 aromatic rings. The van der Waals surface area contributed by atoms with E-state index in [0.29, 0.717) is 30.6 Å². The Bertz CT molecular complexity index is 683. The fourth-order valence-corrected chi connectivity index (χ4v) is 6.77. The molecule has 136 valence electrons. The van der Waals surface area contributed by atoms with Crippen molar-refractivity contribution in [3.05, 3.63) is 11.8 Å². The molecular formula is C20H27NO4. The fraction of sp³-hybridized carbons (Fsp3) is 0.750. The summed E-state index contributed by atoms with van der Waals surface area (Å²) in [5.74, 6) is -0.657. The van der Waals surface area contributed by atoms with Gasteiger partial charge in [-0.1, -0.05) is 19.9 Å². The number of aliphatic carboxylic acids is 1. The molecule has 1 amide bonds. The van der Waals surface area contributed by atoms with Crippen molar-refractivity contribution in [1.82, 2.24) is 5.32 Å². The second kappa shape index (κ2) is 5.42. The highest BCUT2D eigenvalue weighted by Gasteiger charge is 2.60. The Morgan fingerprint density at radius 2 is 1.92 bits per heavy atom. The van der Waals surface area contributed by atoms with Crippen molar-refractivity contribution < 1.29 is 19.5 Å². The Morgan fingerprint density at radius 3 is 2.64 bits per heavy atom. The molecule has 4 rings (SSSR count). The van der Waals surface area contributed by atoms with Gasteiger partial charge >= 0.3 is 5.97 Å². The second-order valence-corrected chi connectivity index (χ2v) is 9.04. The van der Waals surface area contributed by atoms with Gasteiger partial charge in [-0.15, -0.1) is 0 Å². The maximum atomic E-state index is 12.2. The van der Waals surface area contributed by atoms with Gasteiger partial charge in [0, 0.05) is 23.5 Å². The SMILES string of the molecule is CC12CCC(=O)NC1=CCC1C2CCC2(C)C(C(=O)C(=O)O)CCC12. The lowest BCUT2D eigenvalue weighted by Crippen LogP contribution is -2.53. The van der Waals surface area contributed by atoms with Crippen molar-refractivity contribution in [2.45, 2.75) is 58.8 Å². The minimum atomic E-state index is -1.28. The zero-order valence-electron chi connectivity index (χ0n) is 15.0. The maximum Gasteiger partial charge on any atom is 0.372 e. The minimum absolute atomic E-state index is 0.0209. The molecule has 0 aromatic heterocycles. The van der Waals surface area contributed by atoms with Gasteiger partial charge in [0.1, 0.15) is 0 Å². The summed E-state index contributed by atoms with van der Waals surface area (Å²) in [7, 11) is 0. The molecule has 0 bridgehead atoms. The quantitative estimate of drug-likeness (QED) is 0.754. The molecule has 25 heavy (non-hydrogen) atoms. The lowest BCUT2D eigenvalue weighted by molar-refractivity contribution is -0.154. The van der Waals surface area contributed by atoms with Crippen LogP contribution in [-0.4, -0.2) is 22.8 Å². The summed E-state index contributed by atoms with van der Waals surface area (Å²) in [6.45, 7) is 4.43. The van der Waals surface area contributed by atoms with Crippen LogP contribution in [0.2, 0.25) is 0 Å². The largest absolute Gasteiger partial charge is 0.475 e. The van der Waals surface area contributed by atoms with Crippen molar-refractivity contribution in [2.75, 3.05) is 0 Å². The number of piperidine rings is 1. The predicted molar refractivity (Wildman–Crippen MR) is 91.4 cm³/mol. The summed E-state index contributed by atoms with van der Waals surface area (Å²) in [6, 6.07) is 0. The number of carbonyl (C=O) groups is 3. The summed E-state index contributed by atoms with van der Waals surface area (Å²) >= 11 is 0. The molecule has 1 heterocycles.